The first-order valence-electron chi connectivity index (χ1n) is 13.4. The molecule has 1 amide bonds. The molecule has 0 unspecified atom stereocenters. The smallest absolute Gasteiger partial charge is 0.259 e. The summed E-state index contributed by atoms with van der Waals surface area (Å²) in [5.74, 6) is 1.15. The summed E-state index contributed by atoms with van der Waals surface area (Å²) >= 11 is 13.9. The number of benzene rings is 3. The predicted molar refractivity (Wildman–Crippen MR) is 168 cm³/mol. The zero-order chi connectivity index (χ0) is 28.3. The van der Waals surface area contributed by atoms with Crippen molar-refractivity contribution in [1.82, 2.24) is 0 Å². The highest BCUT2D eigenvalue weighted by Crippen LogP contribution is 2.45. The highest BCUT2D eigenvalue weighted by Gasteiger charge is 2.33. The maximum Gasteiger partial charge on any atom is 0.259 e. The number of halogens is 2. The average molecular weight is 592 g/mol. The van der Waals surface area contributed by atoms with Gasteiger partial charge in [0.15, 0.2) is 0 Å². The Bertz CT molecular complexity index is 1540. The van der Waals surface area contributed by atoms with E-state index in [2.05, 4.69) is 26.1 Å². The fraction of sp³-hybridized carbons (Fsp3) is 0.273. The van der Waals surface area contributed by atoms with Gasteiger partial charge in [-0.15, -0.1) is 11.3 Å². The normalized spacial score (nSPS) is 15.2. The van der Waals surface area contributed by atoms with Crippen LogP contribution in [-0.4, -0.2) is 12.1 Å². The highest BCUT2D eigenvalue weighted by molar-refractivity contribution is 7.16. The third-order valence-corrected chi connectivity index (χ3v) is 9.25. The van der Waals surface area contributed by atoms with Gasteiger partial charge >= 0.3 is 0 Å². The molecule has 1 aliphatic rings. The van der Waals surface area contributed by atoms with Gasteiger partial charge in [-0.2, -0.15) is 0 Å². The summed E-state index contributed by atoms with van der Waals surface area (Å²) in [6.45, 7) is 7.24. The Labute approximate surface area is 250 Å². The van der Waals surface area contributed by atoms with Crippen LogP contribution < -0.4 is 10.1 Å². The number of hydrogen-bond donors (Lipinski definition) is 1. The Morgan fingerprint density at radius 3 is 2.55 bits per heavy atom. The third-order valence-electron chi connectivity index (χ3n) is 7.35. The van der Waals surface area contributed by atoms with Crippen molar-refractivity contribution in [3.05, 3.63) is 110 Å². The Morgan fingerprint density at radius 1 is 1.05 bits per heavy atom. The number of carbonyl (C=O) groups excluding carboxylic acids is 1. The molecule has 5 rings (SSSR count). The number of rotatable bonds is 7. The van der Waals surface area contributed by atoms with Crippen LogP contribution in [0.5, 0.6) is 5.75 Å². The number of aliphatic imine (C=N–C) groups is 1. The lowest BCUT2D eigenvalue weighted by molar-refractivity contribution is 0.102. The highest BCUT2D eigenvalue weighted by atomic mass is 35.5. The summed E-state index contributed by atoms with van der Waals surface area (Å²) in [6, 6.07) is 22.8. The van der Waals surface area contributed by atoms with E-state index in [1.165, 1.54) is 4.88 Å². The number of anilines is 1. The minimum atomic E-state index is -0.116. The van der Waals surface area contributed by atoms with Gasteiger partial charge in [-0.3, -0.25) is 4.79 Å². The maximum absolute atomic E-state index is 13.6. The Balaban J connectivity index is 1.44. The first kappa shape index (κ1) is 28.4. The van der Waals surface area contributed by atoms with Crippen LogP contribution in [0.15, 0.2) is 77.8 Å². The maximum atomic E-state index is 13.6. The molecule has 1 atom stereocenters. The molecular weight excluding hydrogens is 559 g/mol. The van der Waals surface area contributed by atoms with Crippen molar-refractivity contribution in [3.63, 3.8) is 0 Å². The van der Waals surface area contributed by atoms with Crippen LogP contribution in [0.25, 0.3) is 0 Å². The summed E-state index contributed by atoms with van der Waals surface area (Å²) in [4.78, 5) is 19.8. The number of ether oxygens (including phenoxy) is 1. The van der Waals surface area contributed by atoms with Crippen molar-refractivity contribution in [2.75, 3.05) is 5.32 Å². The largest absolute Gasteiger partial charge is 0.488 e. The van der Waals surface area contributed by atoms with Crippen LogP contribution >= 0.6 is 34.5 Å². The molecule has 0 radical (unpaired) electrons. The first-order valence-corrected chi connectivity index (χ1v) is 15.0. The lowest BCUT2D eigenvalue weighted by atomic mass is 9.72. The van der Waals surface area contributed by atoms with Gasteiger partial charge in [0, 0.05) is 22.3 Å². The van der Waals surface area contributed by atoms with E-state index in [1.807, 2.05) is 60.7 Å². The number of hydrogen-bond acceptors (Lipinski definition) is 4. The van der Waals surface area contributed by atoms with Crippen LogP contribution in [0.3, 0.4) is 0 Å². The summed E-state index contributed by atoms with van der Waals surface area (Å²) in [7, 11) is 0. The van der Waals surface area contributed by atoms with E-state index < -0.39 is 0 Å². The van der Waals surface area contributed by atoms with Crippen LogP contribution in [0.4, 0.5) is 10.7 Å². The van der Waals surface area contributed by atoms with Crippen molar-refractivity contribution in [2.45, 2.75) is 46.6 Å². The molecule has 0 aliphatic heterocycles. The SMILES string of the molecule is CC(C)(C)[C@H]1CCc2c(sc(N=Cc3ccccc3OCc3ccc(Cl)c(Cl)c3)c2C(=O)Nc2ccccc2)C1. The van der Waals surface area contributed by atoms with Gasteiger partial charge in [0.05, 0.1) is 15.6 Å². The first-order chi connectivity index (χ1) is 19.2. The second-order valence-electron chi connectivity index (χ2n) is 11.1. The molecule has 1 aliphatic carbocycles. The van der Waals surface area contributed by atoms with E-state index >= 15 is 0 Å². The van der Waals surface area contributed by atoms with Crippen molar-refractivity contribution in [2.24, 2.45) is 16.3 Å². The van der Waals surface area contributed by atoms with Crippen molar-refractivity contribution in [3.8, 4) is 5.75 Å². The second kappa shape index (κ2) is 12.2. The quantitative estimate of drug-likeness (QED) is 0.218. The van der Waals surface area contributed by atoms with E-state index in [0.29, 0.717) is 33.9 Å². The molecule has 4 aromatic rings. The Morgan fingerprint density at radius 2 is 1.80 bits per heavy atom. The zero-order valence-corrected chi connectivity index (χ0v) is 25.2. The second-order valence-corrected chi connectivity index (χ2v) is 13.0. The molecule has 206 valence electrons. The molecule has 1 aromatic heterocycles. The molecule has 0 saturated carbocycles. The van der Waals surface area contributed by atoms with E-state index in [9.17, 15) is 4.79 Å². The van der Waals surface area contributed by atoms with Crippen molar-refractivity contribution >= 4 is 57.3 Å². The molecule has 3 aromatic carbocycles. The van der Waals surface area contributed by atoms with Gasteiger partial charge in [0.2, 0.25) is 0 Å². The number of nitrogens with one attached hydrogen (secondary N) is 1. The lowest BCUT2D eigenvalue weighted by Crippen LogP contribution is -2.27. The Hall–Kier alpha value is -3.12. The van der Waals surface area contributed by atoms with Gasteiger partial charge in [0.25, 0.3) is 5.91 Å². The summed E-state index contributed by atoms with van der Waals surface area (Å²) < 4.78 is 6.13. The van der Waals surface area contributed by atoms with Crippen LogP contribution in [-0.2, 0) is 19.4 Å². The van der Waals surface area contributed by atoms with Crippen LogP contribution in [0.2, 0.25) is 10.0 Å². The minimum absolute atomic E-state index is 0.116. The Kier molecular flexibility index (Phi) is 8.65. The van der Waals surface area contributed by atoms with Gasteiger partial charge < -0.3 is 10.1 Å². The van der Waals surface area contributed by atoms with E-state index in [4.69, 9.17) is 32.9 Å². The number of fused-ring (bicyclic) bond motifs is 1. The number of amides is 1. The number of carbonyl (C=O) groups is 1. The fourth-order valence-electron chi connectivity index (χ4n) is 4.99. The van der Waals surface area contributed by atoms with Gasteiger partial charge in [-0.05, 0) is 78.1 Å². The summed E-state index contributed by atoms with van der Waals surface area (Å²) in [5, 5.41) is 4.82. The zero-order valence-electron chi connectivity index (χ0n) is 22.8. The summed E-state index contributed by atoms with van der Waals surface area (Å²) in [5.41, 5.74) is 4.54. The third kappa shape index (κ3) is 6.60. The van der Waals surface area contributed by atoms with E-state index in [1.54, 1.807) is 29.7 Å². The lowest BCUT2D eigenvalue weighted by Gasteiger charge is -2.33. The molecule has 7 heteroatoms. The number of para-hydroxylation sites is 2. The predicted octanol–water partition coefficient (Wildman–Crippen LogP) is 9.79. The molecule has 1 N–H and O–H groups in total. The van der Waals surface area contributed by atoms with Crippen molar-refractivity contribution < 1.29 is 9.53 Å². The van der Waals surface area contributed by atoms with Gasteiger partial charge in [0.1, 0.15) is 17.4 Å². The van der Waals surface area contributed by atoms with Crippen LogP contribution in [0, 0.1) is 11.3 Å². The monoisotopic (exact) mass is 590 g/mol. The van der Waals surface area contributed by atoms with E-state index in [-0.39, 0.29) is 11.3 Å². The minimum Gasteiger partial charge on any atom is -0.488 e. The molecular formula is C33H32Cl2N2O2S. The van der Waals surface area contributed by atoms with Crippen LogP contribution in [0.1, 0.15) is 59.1 Å². The average Bonchev–Trinajstić information content (AvgIpc) is 3.31. The fourth-order valence-corrected chi connectivity index (χ4v) is 6.58. The molecule has 1 heterocycles. The molecule has 0 fully saturated rings. The number of thiophene rings is 1. The standard InChI is InChI=1S/C33H32Cl2N2O2S/c1-33(2,3)23-14-15-25-29(18-23)40-32(30(25)31(38)37-24-10-5-4-6-11-24)36-19-22-9-7-8-12-28(22)39-20-21-13-16-26(34)27(35)17-21/h4-13,16-17,19,23H,14-15,18,20H2,1-3H3,(H,37,38)/t23-/m0/s1. The van der Waals surface area contributed by atoms with Crippen molar-refractivity contribution in [1.29, 1.82) is 0 Å². The molecule has 0 spiro atoms. The summed E-state index contributed by atoms with van der Waals surface area (Å²) in [6.07, 6.45) is 4.70. The molecule has 0 bridgehead atoms. The molecule has 40 heavy (non-hydrogen) atoms. The molecule has 0 saturated heterocycles. The van der Waals surface area contributed by atoms with E-state index in [0.717, 1.165) is 46.6 Å². The molecule has 4 nitrogen and oxygen atoms in total. The van der Waals surface area contributed by atoms with Gasteiger partial charge in [-0.25, -0.2) is 4.99 Å². The number of nitrogens with zero attached hydrogens (tertiary/aromatic N) is 1. The van der Waals surface area contributed by atoms with Gasteiger partial charge in [-0.1, -0.05) is 80.4 Å². The topological polar surface area (TPSA) is 50.7 Å².